The summed E-state index contributed by atoms with van der Waals surface area (Å²) in [6.07, 6.45) is 0. The van der Waals surface area contributed by atoms with Gasteiger partial charge in [0.05, 0.1) is 10.7 Å². The third-order valence-corrected chi connectivity index (χ3v) is 3.47. The first-order chi connectivity index (χ1) is 9.20. The minimum absolute atomic E-state index is 0. The molecule has 0 aliphatic heterocycles. The summed E-state index contributed by atoms with van der Waals surface area (Å²) in [5, 5.41) is 8.89. The molecule has 0 atom stereocenters. The molecule has 116 valence electrons. The molecular weight excluding hydrogens is 329 g/mol. The molecule has 0 aliphatic rings. The Hall–Kier alpha value is -1.14. The zero-order chi connectivity index (χ0) is 13.7. The van der Waals surface area contributed by atoms with Crippen molar-refractivity contribution in [1.82, 2.24) is 15.6 Å². The molecule has 21 heavy (non-hydrogen) atoms. The molecular formula is C14H19Cl2N3OS. The van der Waals surface area contributed by atoms with E-state index in [0.29, 0.717) is 12.1 Å². The van der Waals surface area contributed by atoms with Gasteiger partial charge in [-0.25, -0.2) is 4.98 Å². The van der Waals surface area contributed by atoms with Crippen molar-refractivity contribution in [2.75, 3.05) is 20.1 Å². The molecule has 2 N–H and O–H groups in total. The smallest absolute Gasteiger partial charge is 0.251 e. The monoisotopic (exact) mass is 347 g/mol. The zero-order valence-electron chi connectivity index (χ0n) is 11.9. The molecule has 7 heteroatoms. The van der Waals surface area contributed by atoms with E-state index >= 15 is 0 Å². The van der Waals surface area contributed by atoms with Crippen molar-refractivity contribution in [3.8, 4) is 11.3 Å². The van der Waals surface area contributed by atoms with E-state index in [-0.39, 0.29) is 30.7 Å². The van der Waals surface area contributed by atoms with Gasteiger partial charge in [-0.15, -0.1) is 36.2 Å². The molecule has 0 saturated carbocycles. The van der Waals surface area contributed by atoms with Gasteiger partial charge in [0.15, 0.2) is 0 Å². The van der Waals surface area contributed by atoms with Crippen LogP contribution in [-0.4, -0.2) is 31.0 Å². The maximum Gasteiger partial charge on any atom is 0.251 e. The summed E-state index contributed by atoms with van der Waals surface area (Å²) >= 11 is 1.61. The van der Waals surface area contributed by atoms with Crippen LogP contribution in [0.3, 0.4) is 0 Å². The van der Waals surface area contributed by atoms with Gasteiger partial charge in [0.1, 0.15) is 0 Å². The second-order valence-electron chi connectivity index (χ2n) is 4.19. The fraction of sp³-hybridized carbons (Fsp3) is 0.286. The first kappa shape index (κ1) is 19.9. The summed E-state index contributed by atoms with van der Waals surface area (Å²) < 4.78 is 0. The van der Waals surface area contributed by atoms with E-state index in [2.05, 4.69) is 15.6 Å². The Kier molecular flexibility index (Phi) is 9.21. The standard InChI is InChI=1S/C14H17N3OS.2ClH/c1-10-17-13(9-19-10)11-4-3-5-12(8-11)14(18)16-7-6-15-2;;/h3-5,8-9,15H,6-7H2,1-2H3,(H,16,18);2*1H. The van der Waals surface area contributed by atoms with Crippen LogP contribution in [0.2, 0.25) is 0 Å². The highest BCUT2D eigenvalue weighted by atomic mass is 35.5. The van der Waals surface area contributed by atoms with Crippen LogP contribution in [0, 0.1) is 6.92 Å². The number of carbonyl (C=O) groups excluding carboxylic acids is 1. The molecule has 1 aromatic carbocycles. The summed E-state index contributed by atoms with van der Waals surface area (Å²) in [5.41, 5.74) is 2.57. The third kappa shape index (κ3) is 5.63. The van der Waals surface area contributed by atoms with Gasteiger partial charge in [-0.05, 0) is 26.1 Å². The Balaban J connectivity index is 0.00000200. The summed E-state index contributed by atoms with van der Waals surface area (Å²) in [4.78, 5) is 16.4. The molecule has 1 amide bonds. The van der Waals surface area contributed by atoms with Gasteiger partial charge in [0, 0.05) is 29.6 Å². The molecule has 0 spiro atoms. The van der Waals surface area contributed by atoms with Crippen molar-refractivity contribution >= 4 is 42.1 Å². The van der Waals surface area contributed by atoms with Gasteiger partial charge in [-0.2, -0.15) is 0 Å². The number of aryl methyl sites for hydroxylation is 1. The summed E-state index contributed by atoms with van der Waals surface area (Å²) in [6.45, 7) is 3.36. The van der Waals surface area contributed by atoms with E-state index in [0.717, 1.165) is 22.8 Å². The Labute approximate surface area is 141 Å². The minimum atomic E-state index is -0.0518. The number of nitrogens with zero attached hydrogens (tertiary/aromatic N) is 1. The van der Waals surface area contributed by atoms with Crippen molar-refractivity contribution in [3.05, 3.63) is 40.2 Å². The lowest BCUT2D eigenvalue weighted by molar-refractivity contribution is 0.0954. The molecule has 0 unspecified atom stereocenters. The van der Waals surface area contributed by atoms with Gasteiger partial charge in [0.25, 0.3) is 5.91 Å². The number of hydrogen-bond acceptors (Lipinski definition) is 4. The molecule has 0 saturated heterocycles. The van der Waals surface area contributed by atoms with Crippen LogP contribution in [0.5, 0.6) is 0 Å². The number of hydrogen-bond donors (Lipinski definition) is 2. The van der Waals surface area contributed by atoms with Crippen molar-refractivity contribution in [1.29, 1.82) is 0 Å². The van der Waals surface area contributed by atoms with Gasteiger partial charge < -0.3 is 10.6 Å². The summed E-state index contributed by atoms with van der Waals surface area (Å²) in [7, 11) is 1.86. The van der Waals surface area contributed by atoms with Crippen LogP contribution in [0.25, 0.3) is 11.3 Å². The number of rotatable bonds is 5. The minimum Gasteiger partial charge on any atom is -0.351 e. The lowest BCUT2D eigenvalue weighted by Gasteiger charge is -2.05. The fourth-order valence-electron chi connectivity index (χ4n) is 1.72. The topological polar surface area (TPSA) is 54.0 Å². The Morgan fingerprint density at radius 3 is 2.67 bits per heavy atom. The predicted octanol–water partition coefficient (Wildman–Crippen LogP) is 2.91. The number of benzene rings is 1. The molecule has 2 rings (SSSR count). The highest BCUT2D eigenvalue weighted by Crippen LogP contribution is 2.22. The van der Waals surface area contributed by atoms with E-state index in [4.69, 9.17) is 0 Å². The Morgan fingerprint density at radius 1 is 1.29 bits per heavy atom. The second kappa shape index (κ2) is 9.73. The Morgan fingerprint density at radius 2 is 2.05 bits per heavy atom. The van der Waals surface area contributed by atoms with Gasteiger partial charge in [-0.3, -0.25) is 4.79 Å². The number of halogens is 2. The number of nitrogens with one attached hydrogen (secondary N) is 2. The van der Waals surface area contributed by atoms with Crippen LogP contribution in [0.15, 0.2) is 29.6 Å². The average molecular weight is 348 g/mol. The predicted molar refractivity (Wildman–Crippen MR) is 93.0 cm³/mol. The summed E-state index contributed by atoms with van der Waals surface area (Å²) in [6, 6.07) is 7.55. The SMILES string of the molecule is CNCCNC(=O)c1cccc(-c2csc(C)n2)c1.Cl.Cl. The maximum atomic E-state index is 12.0. The summed E-state index contributed by atoms with van der Waals surface area (Å²) in [5.74, 6) is -0.0518. The highest BCUT2D eigenvalue weighted by Gasteiger charge is 2.08. The third-order valence-electron chi connectivity index (χ3n) is 2.70. The average Bonchev–Trinajstić information content (AvgIpc) is 2.86. The quantitative estimate of drug-likeness (QED) is 0.817. The van der Waals surface area contributed by atoms with Crippen molar-refractivity contribution in [2.24, 2.45) is 0 Å². The van der Waals surface area contributed by atoms with E-state index in [1.807, 2.05) is 43.6 Å². The second-order valence-corrected chi connectivity index (χ2v) is 5.25. The van der Waals surface area contributed by atoms with Gasteiger partial charge in [-0.1, -0.05) is 12.1 Å². The Bertz CT molecular complexity index is 575. The van der Waals surface area contributed by atoms with Crippen LogP contribution >= 0.6 is 36.2 Å². The first-order valence-electron chi connectivity index (χ1n) is 6.16. The van der Waals surface area contributed by atoms with E-state index < -0.39 is 0 Å². The lowest BCUT2D eigenvalue weighted by atomic mass is 10.1. The number of likely N-dealkylation sites (N-methyl/N-ethyl adjacent to an activating group) is 1. The van der Waals surface area contributed by atoms with Crippen LogP contribution in [0.4, 0.5) is 0 Å². The van der Waals surface area contributed by atoms with Gasteiger partial charge >= 0.3 is 0 Å². The van der Waals surface area contributed by atoms with Crippen molar-refractivity contribution < 1.29 is 4.79 Å². The largest absolute Gasteiger partial charge is 0.351 e. The van der Waals surface area contributed by atoms with E-state index in [1.54, 1.807) is 11.3 Å². The molecule has 4 nitrogen and oxygen atoms in total. The number of amides is 1. The number of carbonyl (C=O) groups is 1. The molecule has 2 aromatic rings. The van der Waals surface area contributed by atoms with Crippen molar-refractivity contribution in [3.63, 3.8) is 0 Å². The molecule has 0 fully saturated rings. The van der Waals surface area contributed by atoms with E-state index in [1.165, 1.54) is 0 Å². The molecule has 1 heterocycles. The normalized spacial score (nSPS) is 9.43. The zero-order valence-corrected chi connectivity index (χ0v) is 14.3. The fourth-order valence-corrected chi connectivity index (χ4v) is 2.34. The first-order valence-corrected chi connectivity index (χ1v) is 7.04. The van der Waals surface area contributed by atoms with Crippen molar-refractivity contribution in [2.45, 2.75) is 6.92 Å². The highest BCUT2D eigenvalue weighted by molar-refractivity contribution is 7.09. The van der Waals surface area contributed by atoms with Crippen LogP contribution < -0.4 is 10.6 Å². The molecule has 1 aromatic heterocycles. The van der Waals surface area contributed by atoms with Crippen LogP contribution in [0.1, 0.15) is 15.4 Å². The molecule has 0 aliphatic carbocycles. The maximum absolute atomic E-state index is 12.0. The van der Waals surface area contributed by atoms with Crippen LogP contribution in [-0.2, 0) is 0 Å². The number of aromatic nitrogens is 1. The van der Waals surface area contributed by atoms with E-state index in [9.17, 15) is 4.79 Å². The molecule has 0 radical (unpaired) electrons. The van der Waals surface area contributed by atoms with Gasteiger partial charge in [0.2, 0.25) is 0 Å². The molecule has 0 bridgehead atoms. The lowest BCUT2D eigenvalue weighted by Crippen LogP contribution is -2.30. The number of thiazole rings is 1.